The largest absolute Gasteiger partial charge is 0.535 e. The van der Waals surface area contributed by atoms with Crippen molar-refractivity contribution >= 4 is 9.76 Å². The van der Waals surface area contributed by atoms with Gasteiger partial charge in [-0.2, -0.15) is 0 Å². The fourth-order valence-electron chi connectivity index (χ4n) is 4.29. The van der Waals surface area contributed by atoms with Crippen LogP contribution in [0.5, 0.6) is 5.88 Å². The maximum absolute atomic E-state index is 5.99. The van der Waals surface area contributed by atoms with E-state index in [1.165, 1.54) is 63.8 Å². The topological polar surface area (TPSA) is 57.1 Å². The molecule has 2 heterocycles. The Bertz CT molecular complexity index is 786. The molecule has 0 aliphatic carbocycles. The van der Waals surface area contributed by atoms with E-state index in [4.69, 9.17) is 9.16 Å². The molecule has 6 heteroatoms. The van der Waals surface area contributed by atoms with Gasteiger partial charge in [0.15, 0.2) is 0 Å². The van der Waals surface area contributed by atoms with Crippen molar-refractivity contribution in [3.8, 4) is 17.1 Å². The highest BCUT2D eigenvalue weighted by molar-refractivity contribution is 6.28. The van der Waals surface area contributed by atoms with Crippen molar-refractivity contribution in [1.82, 2.24) is 15.2 Å². The highest BCUT2D eigenvalue weighted by Crippen LogP contribution is 2.21. The molecule has 0 bridgehead atoms. The normalized spacial score (nSPS) is 13.3. The van der Waals surface area contributed by atoms with Gasteiger partial charge in [-0.15, -0.1) is 10.2 Å². The molecule has 0 aliphatic heterocycles. The molecular formula is C30H51N3O2Si. The smallest absolute Gasteiger partial charge is 0.221 e. The highest BCUT2D eigenvalue weighted by atomic mass is 28.2. The number of nitrogens with zero attached hydrogens (tertiary/aromatic N) is 3. The molecule has 0 spiro atoms. The van der Waals surface area contributed by atoms with Gasteiger partial charge >= 0.3 is 0 Å². The number of unbranched alkanes of at least 4 members (excludes halogenated alkanes) is 5. The fraction of sp³-hybridized carbons (Fsp3) is 0.700. The number of ether oxygens (including phenoxy) is 1. The SMILES string of the molecule is CCCCCCOCCCCc1ccc(-c2ccc(O[SiH2]CC(C)CCC(C)CCCC)nn2)cn1. The molecule has 0 amide bonds. The number of hydrogen-bond donors (Lipinski definition) is 0. The molecular weight excluding hydrogens is 462 g/mol. The second kappa shape index (κ2) is 19.3. The monoisotopic (exact) mass is 513 g/mol. The first-order chi connectivity index (χ1) is 17.6. The first kappa shape index (κ1) is 30.4. The summed E-state index contributed by atoms with van der Waals surface area (Å²) in [4.78, 5) is 4.63. The van der Waals surface area contributed by atoms with E-state index in [2.05, 4.69) is 55.0 Å². The predicted octanol–water partition coefficient (Wildman–Crippen LogP) is 7.58. The summed E-state index contributed by atoms with van der Waals surface area (Å²) in [6.07, 6.45) is 16.8. The average Bonchev–Trinajstić information content (AvgIpc) is 2.90. The van der Waals surface area contributed by atoms with E-state index < -0.39 is 9.76 Å². The number of pyridine rings is 1. The first-order valence-electron chi connectivity index (χ1n) is 14.6. The van der Waals surface area contributed by atoms with Crippen molar-refractivity contribution in [2.45, 2.75) is 111 Å². The predicted molar refractivity (Wildman–Crippen MR) is 154 cm³/mol. The van der Waals surface area contributed by atoms with Gasteiger partial charge in [-0.25, -0.2) is 0 Å². The van der Waals surface area contributed by atoms with Crippen LogP contribution in [0.1, 0.15) is 104 Å². The van der Waals surface area contributed by atoms with Gasteiger partial charge in [-0.3, -0.25) is 4.98 Å². The van der Waals surface area contributed by atoms with E-state index in [1.54, 1.807) is 0 Å². The lowest BCUT2D eigenvalue weighted by molar-refractivity contribution is 0.126. The van der Waals surface area contributed by atoms with Crippen molar-refractivity contribution in [2.24, 2.45) is 11.8 Å². The summed E-state index contributed by atoms with van der Waals surface area (Å²) in [6, 6.07) is 9.33. The maximum atomic E-state index is 5.99. The molecule has 202 valence electrons. The second-order valence-corrected chi connectivity index (χ2v) is 11.8. The second-order valence-electron chi connectivity index (χ2n) is 10.5. The third-order valence-corrected chi connectivity index (χ3v) is 8.66. The summed E-state index contributed by atoms with van der Waals surface area (Å²) in [6.45, 7) is 11.0. The highest BCUT2D eigenvalue weighted by Gasteiger charge is 2.09. The molecule has 2 aromatic heterocycles. The summed E-state index contributed by atoms with van der Waals surface area (Å²) in [5.41, 5.74) is 2.96. The Kier molecular flexibility index (Phi) is 16.3. The molecule has 2 rings (SSSR count). The lowest BCUT2D eigenvalue weighted by atomic mass is 9.95. The van der Waals surface area contributed by atoms with E-state index in [0.29, 0.717) is 5.88 Å². The summed E-state index contributed by atoms with van der Waals surface area (Å²) in [5, 5.41) is 8.68. The van der Waals surface area contributed by atoms with Gasteiger partial charge in [0.05, 0.1) is 5.69 Å². The van der Waals surface area contributed by atoms with Crippen molar-refractivity contribution < 1.29 is 9.16 Å². The molecule has 0 fully saturated rings. The lowest BCUT2D eigenvalue weighted by Gasteiger charge is -2.15. The van der Waals surface area contributed by atoms with Crippen molar-refractivity contribution in [2.75, 3.05) is 13.2 Å². The van der Waals surface area contributed by atoms with Crippen LogP contribution < -0.4 is 4.43 Å². The van der Waals surface area contributed by atoms with Crippen molar-refractivity contribution in [3.63, 3.8) is 0 Å². The van der Waals surface area contributed by atoms with Gasteiger partial charge in [0.25, 0.3) is 0 Å². The summed E-state index contributed by atoms with van der Waals surface area (Å²) in [7, 11) is -0.619. The molecule has 0 N–H and O–H groups in total. The van der Waals surface area contributed by atoms with Crippen LogP contribution >= 0.6 is 0 Å². The van der Waals surface area contributed by atoms with E-state index in [-0.39, 0.29) is 0 Å². The van der Waals surface area contributed by atoms with Gasteiger partial charge in [0.2, 0.25) is 15.6 Å². The Labute approximate surface area is 223 Å². The van der Waals surface area contributed by atoms with Crippen LogP contribution in [0, 0.1) is 11.8 Å². The van der Waals surface area contributed by atoms with Gasteiger partial charge in [0, 0.05) is 36.7 Å². The molecule has 2 unspecified atom stereocenters. The Balaban J connectivity index is 1.62. The maximum Gasteiger partial charge on any atom is 0.221 e. The molecule has 0 aromatic carbocycles. The van der Waals surface area contributed by atoms with E-state index >= 15 is 0 Å². The zero-order valence-electron chi connectivity index (χ0n) is 23.5. The van der Waals surface area contributed by atoms with Crippen molar-refractivity contribution in [3.05, 3.63) is 36.2 Å². The van der Waals surface area contributed by atoms with Crippen molar-refractivity contribution in [1.29, 1.82) is 0 Å². The van der Waals surface area contributed by atoms with Crippen LogP contribution in [0.3, 0.4) is 0 Å². The number of aryl methyl sites for hydroxylation is 1. The summed E-state index contributed by atoms with van der Waals surface area (Å²) >= 11 is 0. The zero-order valence-corrected chi connectivity index (χ0v) is 24.9. The molecule has 36 heavy (non-hydrogen) atoms. The van der Waals surface area contributed by atoms with Gasteiger partial charge < -0.3 is 9.16 Å². The Morgan fingerprint density at radius 2 is 1.56 bits per heavy atom. The third kappa shape index (κ3) is 13.5. The van der Waals surface area contributed by atoms with Gasteiger partial charge in [-0.1, -0.05) is 79.1 Å². The minimum Gasteiger partial charge on any atom is -0.535 e. The molecule has 2 atom stereocenters. The minimum absolute atomic E-state index is 0.619. The Morgan fingerprint density at radius 3 is 2.25 bits per heavy atom. The number of rotatable bonds is 21. The standard InChI is InChI=1S/C30H51N3O2Si/c1-5-7-9-11-21-34-22-12-10-14-28-18-17-27(23-31-28)29-19-20-30(33-32-29)35-36-24-26(4)16-15-25(3)13-8-6-2/h17-20,23,25-26H,5-16,21-22,24,36H2,1-4H3. The quantitative estimate of drug-likeness (QED) is 0.127. The van der Waals surface area contributed by atoms with Crippen LogP contribution in [-0.4, -0.2) is 38.2 Å². The Morgan fingerprint density at radius 1 is 0.778 bits per heavy atom. The molecule has 0 saturated heterocycles. The fourth-order valence-corrected chi connectivity index (χ4v) is 5.47. The Hall–Kier alpha value is -1.79. The van der Waals surface area contributed by atoms with Gasteiger partial charge in [-0.05, 0) is 61.8 Å². The minimum atomic E-state index is -0.619. The molecule has 0 aliphatic rings. The summed E-state index contributed by atoms with van der Waals surface area (Å²) < 4.78 is 11.7. The molecule has 0 radical (unpaired) electrons. The van der Waals surface area contributed by atoms with Crippen LogP contribution in [0.25, 0.3) is 11.3 Å². The third-order valence-electron chi connectivity index (χ3n) is 6.94. The molecule has 2 aromatic rings. The summed E-state index contributed by atoms with van der Waals surface area (Å²) in [5.74, 6) is 2.24. The van der Waals surface area contributed by atoms with Crippen LogP contribution in [0.15, 0.2) is 30.5 Å². The number of aromatic nitrogens is 3. The van der Waals surface area contributed by atoms with Crippen LogP contribution in [0.4, 0.5) is 0 Å². The number of hydrogen-bond acceptors (Lipinski definition) is 5. The van der Waals surface area contributed by atoms with Gasteiger partial charge in [0.1, 0.15) is 0 Å². The van der Waals surface area contributed by atoms with Crippen LogP contribution in [0.2, 0.25) is 6.04 Å². The molecule has 5 nitrogen and oxygen atoms in total. The first-order valence-corrected chi connectivity index (χ1v) is 16.2. The lowest BCUT2D eigenvalue weighted by Crippen LogP contribution is -2.09. The van der Waals surface area contributed by atoms with Crippen LogP contribution in [-0.2, 0) is 11.2 Å². The zero-order chi connectivity index (χ0) is 25.8. The average molecular weight is 514 g/mol. The van der Waals surface area contributed by atoms with E-state index in [1.807, 2.05) is 18.3 Å². The van der Waals surface area contributed by atoms with E-state index in [9.17, 15) is 0 Å². The van der Waals surface area contributed by atoms with E-state index in [0.717, 1.165) is 61.3 Å². The molecule has 0 saturated carbocycles.